The van der Waals surface area contributed by atoms with E-state index in [0.717, 1.165) is 16.8 Å². The van der Waals surface area contributed by atoms with Gasteiger partial charge in [-0.25, -0.2) is 13.4 Å². The van der Waals surface area contributed by atoms with Crippen LogP contribution in [0.15, 0.2) is 90.0 Å². The van der Waals surface area contributed by atoms with Gasteiger partial charge in [-0.15, -0.1) is 0 Å². The molecule has 0 aliphatic carbocycles. The summed E-state index contributed by atoms with van der Waals surface area (Å²) in [5, 5.41) is 2.97. The van der Waals surface area contributed by atoms with Crippen LogP contribution in [-0.4, -0.2) is 24.3 Å². The first-order chi connectivity index (χ1) is 16.4. The Bertz CT molecular complexity index is 1380. The van der Waals surface area contributed by atoms with Gasteiger partial charge in [0.1, 0.15) is 5.82 Å². The van der Waals surface area contributed by atoms with Crippen molar-refractivity contribution in [3.8, 4) is 11.3 Å². The number of amides is 1. The first-order valence-corrected chi connectivity index (χ1v) is 12.5. The SMILES string of the molecule is CCC(NC(=O)c1ccc(S(=O)(=O)Nc2ccccc2C)cc1)c1ncc(-c2ccccc2)[nH]1. The summed E-state index contributed by atoms with van der Waals surface area (Å²) in [7, 11) is -3.77. The molecule has 1 amide bonds. The molecule has 4 rings (SSSR count). The Hall–Kier alpha value is -3.91. The lowest BCUT2D eigenvalue weighted by atomic mass is 10.1. The topological polar surface area (TPSA) is 104 Å². The Balaban J connectivity index is 1.46. The number of sulfonamides is 1. The van der Waals surface area contributed by atoms with Crippen LogP contribution in [0.25, 0.3) is 11.3 Å². The molecule has 8 heteroatoms. The third-order valence-corrected chi connectivity index (χ3v) is 6.92. The van der Waals surface area contributed by atoms with Gasteiger partial charge in [-0.1, -0.05) is 55.5 Å². The van der Waals surface area contributed by atoms with Gasteiger partial charge in [0.05, 0.1) is 28.5 Å². The van der Waals surface area contributed by atoms with E-state index in [1.165, 1.54) is 24.3 Å². The minimum atomic E-state index is -3.77. The van der Waals surface area contributed by atoms with E-state index in [1.807, 2.05) is 56.3 Å². The molecule has 3 aromatic carbocycles. The second-order valence-electron chi connectivity index (χ2n) is 7.93. The van der Waals surface area contributed by atoms with Crippen molar-refractivity contribution in [2.75, 3.05) is 4.72 Å². The highest BCUT2D eigenvalue weighted by atomic mass is 32.2. The van der Waals surface area contributed by atoms with Crippen molar-refractivity contribution in [1.29, 1.82) is 0 Å². The molecule has 1 heterocycles. The third-order valence-electron chi connectivity index (χ3n) is 5.54. The van der Waals surface area contributed by atoms with Gasteiger partial charge in [-0.3, -0.25) is 9.52 Å². The lowest BCUT2D eigenvalue weighted by Gasteiger charge is -2.15. The van der Waals surface area contributed by atoms with Crippen LogP contribution in [0.5, 0.6) is 0 Å². The number of H-pyrrole nitrogens is 1. The second kappa shape index (κ2) is 9.93. The van der Waals surface area contributed by atoms with Crippen molar-refractivity contribution >= 4 is 21.6 Å². The normalized spacial score (nSPS) is 12.2. The number of rotatable bonds is 8. The summed E-state index contributed by atoms with van der Waals surface area (Å²) < 4.78 is 28.1. The Kier molecular flexibility index (Phi) is 6.79. The number of anilines is 1. The number of benzene rings is 3. The molecule has 7 nitrogen and oxygen atoms in total. The molecular weight excluding hydrogens is 448 g/mol. The fraction of sp³-hybridized carbons (Fsp3) is 0.154. The zero-order valence-corrected chi connectivity index (χ0v) is 19.8. The number of para-hydroxylation sites is 1. The summed E-state index contributed by atoms with van der Waals surface area (Å²) in [6.07, 6.45) is 2.39. The van der Waals surface area contributed by atoms with Crippen molar-refractivity contribution in [2.45, 2.75) is 31.2 Å². The van der Waals surface area contributed by atoms with E-state index >= 15 is 0 Å². The number of aromatic nitrogens is 2. The maximum Gasteiger partial charge on any atom is 0.261 e. The first-order valence-electron chi connectivity index (χ1n) is 11.0. The third kappa shape index (κ3) is 5.18. The lowest BCUT2D eigenvalue weighted by molar-refractivity contribution is 0.0933. The van der Waals surface area contributed by atoms with E-state index in [2.05, 4.69) is 20.0 Å². The Morgan fingerprint density at radius 3 is 2.32 bits per heavy atom. The van der Waals surface area contributed by atoms with E-state index in [1.54, 1.807) is 18.3 Å². The van der Waals surface area contributed by atoms with Gasteiger partial charge in [-0.05, 0) is 54.8 Å². The minimum absolute atomic E-state index is 0.0814. The highest BCUT2D eigenvalue weighted by Gasteiger charge is 2.19. The molecule has 0 aliphatic heterocycles. The molecule has 0 fully saturated rings. The zero-order chi connectivity index (χ0) is 24.1. The van der Waals surface area contributed by atoms with Gasteiger partial charge in [0.2, 0.25) is 0 Å². The zero-order valence-electron chi connectivity index (χ0n) is 18.9. The average Bonchev–Trinajstić information content (AvgIpc) is 3.34. The van der Waals surface area contributed by atoms with Gasteiger partial charge in [0.15, 0.2) is 0 Å². The number of carbonyl (C=O) groups is 1. The fourth-order valence-electron chi connectivity index (χ4n) is 3.56. The summed E-state index contributed by atoms with van der Waals surface area (Å²) in [6.45, 7) is 3.79. The van der Waals surface area contributed by atoms with Crippen LogP contribution in [0.3, 0.4) is 0 Å². The number of aryl methyl sites for hydroxylation is 1. The molecule has 0 saturated carbocycles. The van der Waals surface area contributed by atoms with Crippen LogP contribution in [0.2, 0.25) is 0 Å². The van der Waals surface area contributed by atoms with Crippen molar-refractivity contribution in [1.82, 2.24) is 15.3 Å². The first kappa shape index (κ1) is 23.3. The van der Waals surface area contributed by atoms with Gasteiger partial charge in [-0.2, -0.15) is 0 Å². The molecular formula is C26H26N4O3S. The van der Waals surface area contributed by atoms with Crippen molar-refractivity contribution < 1.29 is 13.2 Å². The van der Waals surface area contributed by atoms with Crippen LogP contribution in [0.1, 0.15) is 41.1 Å². The molecule has 1 unspecified atom stereocenters. The summed E-state index contributed by atoms with van der Waals surface area (Å²) in [5.41, 5.74) is 3.59. The number of imidazole rings is 1. The number of carbonyl (C=O) groups excluding carboxylic acids is 1. The van der Waals surface area contributed by atoms with Crippen molar-refractivity contribution in [3.63, 3.8) is 0 Å². The second-order valence-corrected chi connectivity index (χ2v) is 9.61. The van der Waals surface area contributed by atoms with Crippen LogP contribution in [0, 0.1) is 6.92 Å². The van der Waals surface area contributed by atoms with E-state index < -0.39 is 10.0 Å². The molecule has 34 heavy (non-hydrogen) atoms. The number of hydrogen-bond donors (Lipinski definition) is 3. The van der Waals surface area contributed by atoms with Gasteiger partial charge in [0, 0.05) is 5.56 Å². The molecule has 0 aliphatic rings. The smallest absolute Gasteiger partial charge is 0.261 e. The van der Waals surface area contributed by atoms with Crippen LogP contribution >= 0.6 is 0 Å². The number of hydrogen-bond acceptors (Lipinski definition) is 4. The summed E-state index contributed by atoms with van der Waals surface area (Å²) in [4.78, 5) is 20.7. The summed E-state index contributed by atoms with van der Waals surface area (Å²) in [5.74, 6) is 0.358. The molecule has 4 aromatic rings. The highest BCUT2D eigenvalue weighted by Crippen LogP contribution is 2.22. The van der Waals surface area contributed by atoms with E-state index in [4.69, 9.17) is 0 Å². The predicted molar refractivity (Wildman–Crippen MR) is 133 cm³/mol. The maximum atomic E-state index is 12.8. The average molecular weight is 475 g/mol. The maximum absolute atomic E-state index is 12.8. The number of nitrogens with one attached hydrogen (secondary N) is 3. The minimum Gasteiger partial charge on any atom is -0.342 e. The van der Waals surface area contributed by atoms with E-state index in [0.29, 0.717) is 23.5 Å². The Labute approximate surface area is 199 Å². The van der Waals surface area contributed by atoms with Crippen LogP contribution < -0.4 is 10.0 Å². The van der Waals surface area contributed by atoms with Gasteiger partial charge in [0.25, 0.3) is 15.9 Å². The molecule has 1 atom stereocenters. The molecule has 174 valence electrons. The standard InChI is InChI=1S/C26H26N4O3S/c1-3-22(25-27-17-24(28-25)19-10-5-4-6-11-19)29-26(31)20-13-15-21(16-14-20)34(32,33)30-23-12-8-7-9-18(23)2/h4-17,22,30H,3H2,1-2H3,(H,27,28)(H,29,31). The molecule has 3 N–H and O–H groups in total. The van der Waals surface area contributed by atoms with Gasteiger partial charge >= 0.3 is 0 Å². The molecule has 0 bridgehead atoms. The van der Waals surface area contributed by atoms with Crippen LogP contribution in [-0.2, 0) is 10.0 Å². The van der Waals surface area contributed by atoms with Gasteiger partial charge < -0.3 is 10.3 Å². The number of aromatic amines is 1. The number of nitrogens with zero attached hydrogens (tertiary/aromatic N) is 1. The largest absolute Gasteiger partial charge is 0.342 e. The molecule has 0 saturated heterocycles. The van der Waals surface area contributed by atoms with Crippen molar-refractivity contribution in [2.24, 2.45) is 0 Å². The van der Waals surface area contributed by atoms with E-state index in [9.17, 15) is 13.2 Å². The fourth-order valence-corrected chi connectivity index (χ4v) is 4.69. The summed E-state index contributed by atoms with van der Waals surface area (Å²) >= 11 is 0. The Morgan fingerprint density at radius 1 is 0.971 bits per heavy atom. The lowest BCUT2D eigenvalue weighted by Crippen LogP contribution is -2.29. The molecule has 0 radical (unpaired) electrons. The molecule has 1 aromatic heterocycles. The van der Waals surface area contributed by atoms with E-state index in [-0.39, 0.29) is 16.8 Å². The molecule has 0 spiro atoms. The monoisotopic (exact) mass is 474 g/mol. The van der Waals surface area contributed by atoms with Crippen LogP contribution in [0.4, 0.5) is 5.69 Å². The quantitative estimate of drug-likeness (QED) is 0.332. The predicted octanol–water partition coefficient (Wildman–Crippen LogP) is 5.07. The van der Waals surface area contributed by atoms with Crippen molar-refractivity contribution in [3.05, 3.63) is 102 Å². The Morgan fingerprint density at radius 2 is 1.65 bits per heavy atom. The highest BCUT2D eigenvalue weighted by molar-refractivity contribution is 7.92. The summed E-state index contributed by atoms with van der Waals surface area (Å²) in [6, 6.07) is 22.5.